The average molecular weight is 213 g/mol. The first kappa shape index (κ1) is 8.84. The van der Waals surface area contributed by atoms with Crippen molar-refractivity contribution >= 4 is 22.6 Å². The van der Waals surface area contributed by atoms with Gasteiger partial charge in [-0.05, 0) is 6.07 Å². The van der Waals surface area contributed by atoms with Gasteiger partial charge >= 0.3 is 5.97 Å². The molecule has 0 aliphatic carbocycles. The summed E-state index contributed by atoms with van der Waals surface area (Å²) in [5, 5.41) is 9.93. The number of aromatic nitrogens is 3. The van der Waals surface area contributed by atoms with E-state index in [2.05, 4.69) is 9.97 Å². The number of fused-ring (bicyclic) bond motifs is 3. The maximum atomic E-state index is 11.0. The van der Waals surface area contributed by atoms with Gasteiger partial charge in [0, 0.05) is 11.6 Å². The molecular formula is C11H7N3O2. The Kier molecular flexibility index (Phi) is 1.67. The van der Waals surface area contributed by atoms with Crippen LogP contribution in [0.4, 0.5) is 0 Å². The van der Waals surface area contributed by atoms with Crippen molar-refractivity contribution in [3.63, 3.8) is 0 Å². The molecule has 2 aromatic heterocycles. The smallest absolute Gasteiger partial charge is 0.354 e. The van der Waals surface area contributed by atoms with E-state index in [1.165, 1.54) is 10.6 Å². The molecule has 0 amide bonds. The minimum absolute atomic E-state index is 0.124. The molecule has 3 aromatic rings. The molecule has 0 spiro atoms. The molecule has 0 bridgehead atoms. The van der Waals surface area contributed by atoms with Crippen molar-refractivity contribution in [3.05, 3.63) is 42.4 Å². The monoisotopic (exact) mass is 213 g/mol. The topological polar surface area (TPSA) is 67.5 Å². The molecule has 78 valence electrons. The summed E-state index contributed by atoms with van der Waals surface area (Å²) in [7, 11) is 0. The lowest BCUT2D eigenvalue weighted by Gasteiger charge is -2.02. The first-order chi connectivity index (χ1) is 7.77. The van der Waals surface area contributed by atoms with Gasteiger partial charge in [-0.25, -0.2) is 14.8 Å². The molecule has 0 aliphatic rings. The van der Waals surface area contributed by atoms with Gasteiger partial charge in [0.25, 0.3) is 0 Å². The number of carbonyl (C=O) groups is 1. The fraction of sp³-hybridized carbons (Fsp3) is 0. The van der Waals surface area contributed by atoms with Crippen LogP contribution in [0, 0.1) is 0 Å². The highest BCUT2D eigenvalue weighted by molar-refractivity contribution is 5.90. The van der Waals surface area contributed by atoms with Crippen LogP contribution in [0.2, 0.25) is 0 Å². The van der Waals surface area contributed by atoms with Crippen molar-refractivity contribution in [3.8, 4) is 0 Å². The molecule has 0 unspecified atom stereocenters. The summed E-state index contributed by atoms with van der Waals surface area (Å²) in [6, 6.07) is 7.46. The van der Waals surface area contributed by atoms with Crippen molar-refractivity contribution in [2.45, 2.75) is 0 Å². The van der Waals surface area contributed by atoms with Crippen LogP contribution >= 0.6 is 0 Å². The lowest BCUT2D eigenvalue weighted by Crippen LogP contribution is -2.03. The summed E-state index contributed by atoms with van der Waals surface area (Å²) in [6.07, 6.45) is 3.00. The van der Waals surface area contributed by atoms with Crippen molar-refractivity contribution in [1.82, 2.24) is 14.4 Å². The molecule has 1 N–H and O–H groups in total. The largest absolute Gasteiger partial charge is 0.477 e. The number of hydrogen-bond donors (Lipinski definition) is 1. The van der Waals surface area contributed by atoms with Gasteiger partial charge in [0.15, 0.2) is 5.69 Å². The third-order valence-corrected chi connectivity index (χ3v) is 2.46. The highest BCUT2D eigenvalue weighted by Gasteiger charge is 2.12. The third kappa shape index (κ3) is 1.08. The van der Waals surface area contributed by atoms with E-state index in [0.29, 0.717) is 5.78 Å². The van der Waals surface area contributed by atoms with Crippen LogP contribution in [0.1, 0.15) is 10.5 Å². The first-order valence-corrected chi connectivity index (χ1v) is 4.72. The summed E-state index contributed by atoms with van der Waals surface area (Å²) >= 11 is 0. The summed E-state index contributed by atoms with van der Waals surface area (Å²) < 4.78 is 1.54. The van der Waals surface area contributed by atoms with Crippen LogP contribution in [0.25, 0.3) is 16.7 Å². The number of benzene rings is 1. The Morgan fingerprint density at radius 1 is 1.19 bits per heavy atom. The molecule has 5 nitrogen and oxygen atoms in total. The summed E-state index contributed by atoms with van der Waals surface area (Å²) in [6.45, 7) is 0. The highest BCUT2D eigenvalue weighted by atomic mass is 16.4. The molecule has 3 rings (SSSR count). The molecule has 0 saturated heterocycles. The minimum atomic E-state index is -1.01. The molecule has 5 heteroatoms. The summed E-state index contributed by atoms with van der Waals surface area (Å²) in [5.74, 6) is -0.609. The Morgan fingerprint density at radius 3 is 2.75 bits per heavy atom. The maximum absolute atomic E-state index is 11.0. The van der Waals surface area contributed by atoms with Crippen LogP contribution in [0.5, 0.6) is 0 Å². The van der Waals surface area contributed by atoms with Crippen molar-refractivity contribution < 1.29 is 9.90 Å². The Morgan fingerprint density at radius 2 is 1.94 bits per heavy atom. The molecule has 16 heavy (non-hydrogen) atoms. The van der Waals surface area contributed by atoms with Gasteiger partial charge in [-0.1, -0.05) is 18.2 Å². The van der Waals surface area contributed by atoms with E-state index in [1.54, 1.807) is 6.20 Å². The van der Waals surface area contributed by atoms with Gasteiger partial charge in [-0.3, -0.25) is 4.40 Å². The normalized spacial score (nSPS) is 11.0. The molecule has 1 aromatic carbocycles. The van der Waals surface area contributed by atoms with E-state index in [0.717, 1.165) is 10.9 Å². The van der Waals surface area contributed by atoms with Crippen LogP contribution < -0.4 is 0 Å². The summed E-state index contributed by atoms with van der Waals surface area (Å²) in [5.41, 5.74) is 0.918. The predicted octanol–water partition coefficient (Wildman–Crippen LogP) is 1.58. The molecule has 2 heterocycles. The fourth-order valence-electron chi connectivity index (χ4n) is 1.75. The van der Waals surface area contributed by atoms with E-state index >= 15 is 0 Å². The number of para-hydroxylation sites is 1. The Bertz CT molecular complexity index is 703. The predicted molar refractivity (Wildman–Crippen MR) is 57.5 cm³/mol. The quantitative estimate of drug-likeness (QED) is 0.666. The molecular weight excluding hydrogens is 206 g/mol. The van der Waals surface area contributed by atoms with Gasteiger partial charge in [-0.15, -0.1) is 0 Å². The van der Waals surface area contributed by atoms with Gasteiger partial charge in [-0.2, -0.15) is 0 Å². The second-order valence-electron chi connectivity index (χ2n) is 3.40. The Hall–Kier alpha value is -2.43. The number of rotatable bonds is 1. The zero-order valence-corrected chi connectivity index (χ0v) is 8.16. The molecule has 0 saturated carbocycles. The second kappa shape index (κ2) is 3.03. The zero-order chi connectivity index (χ0) is 11.1. The zero-order valence-electron chi connectivity index (χ0n) is 8.16. The van der Waals surface area contributed by atoms with Crippen molar-refractivity contribution in [2.75, 3.05) is 0 Å². The van der Waals surface area contributed by atoms with E-state index in [-0.39, 0.29) is 5.69 Å². The number of nitrogens with zero attached hydrogens (tertiary/aromatic N) is 3. The minimum Gasteiger partial charge on any atom is -0.477 e. The fourth-order valence-corrected chi connectivity index (χ4v) is 1.75. The Labute approximate surface area is 90.0 Å². The second-order valence-corrected chi connectivity index (χ2v) is 3.40. The molecule has 0 atom stereocenters. The molecule has 0 fully saturated rings. The SMILES string of the molecule is O=C(O)c1cnc2ncc3ccccc3n12. The van der Waals surface area contributed by atoms with Crippen LogP contribution in [-0.2, 0) is 0 Å². The van der Waals surface area contributed by atoms with Crippen molar-refractivity contribution in [1.29, 1.82) is 0 Å². The first-order valence-electron chi connectivity index (χ1n) is 4.72. The highest BCUT2D eigenvalue weighted by Crippen LogP contribution is 2.16. The van der Waals surface area contributed by atoms with Crippen molar-refractivity contribution in [2.24, 2.45) is 0 Å². The number of aromatic carboxylic acids is 1. The van der Waals surface area contributed by atoms with E-state index in [1.807, 2.05) is 24.3 Å². The summed E-state index contributed by atoms with van der Waals surface area (Å²) in [4.78, 5) is 19.1. The number of imidazole rings is 1. The lowest BCUT2D eigenvalue weighted by atomic mass is 10.2. The van der Waals surface area contributed by atoms with Gasteiger partial charge in [0.05, 0.1) is 11.7 Å². The van der Waals surface area contributed by atoms with Gasteiger partial charge < -0.3 is 5.11 Å². The lowest BCUT2D eigenvalue weighted by molar-refractivity contribution is 0.0690. The number of carboxylic acids is 1. The number of hydrogen-bond acceptors (Lipinski definition) is 3. The van der Waals surface area contributed by atoms with E-state index in [4.69, 9.17) is 5.11 Å². The standard InChI is InChI=1S/C11H7N3O2/c15-10(16)9-6-13-11-12-5-7-3-1-2-4-8(7)14(9)11/h1-6H,(H,15,16). The number of carboxylic acid groups (broad SMARTS) is 1. The molecule has 0 aliphatic heterocycles. The van der Waals surface area contributed by atoms with Crippen LogP contribution in [0.3, 0.4) is 0 Å². The van der Waals surface area contributed by atoms with E-state index in [9.17, 15) is 4.79 Å². The average Bonchev–Trinajstić information content (AvgIpc) is 2.73. The van der Waals surface area contributed by atoms with Gasteiger partial charge in [0.2, 0.25) is 5.78 Å². The van der Waals surface area contributed by atoms with E-state index < -0.39 is 5.97 Å². The van der Waals surface area contributed by atoms with Crippen LogP contribution in [-0.4, -0.2) is 25.4 Å². The van der Waals surface area contributed by atoms with Crippen LogP contribution in [0.15, 0.2) is 36.7 Å². The molecule has 0 radical (unpaired) electrons. The van der Waals surface area contributed by atoms with Gasteiger partial charge in [0.1, 0.15) is 0 Å². The Balaban J connectivity index is 2.56. The maximum Gasteiger partial charge on any atom is 0.354 e. The third-order valence-electron chi connectivity index (χ3n) is 2.46.